The standard InChI is InChI=1S/C26H24ClN5O3/c1-31-12-4-7-22(31)25(34)29-18-10-11-19(24(33)13-18)21-14-23(16-8-9-16)32(30-21)26(35)28-15-17-5-2-3-6-20(17)27/h2-7,10-14,16,33H,8-9,15H2,1H3,(H,28,35)(H,29,34). The van der Waals surface area contributed by atoms with Gasteiger partial charge < -0.3 is 20.3 Å². The summed E-state index contributed by atoms with van der Waals surface area (Å²) in [5.41, 5.74) is 3.53. The first-order valence-electron chi connectivity index (χ1n) is 11.3. The van der Waals surface area contributed by atoms with Crippen LogP contribution in [0.3, 0.4) is 0 Å². The first-order valence-corrected chi connectivity index (χ1v) is 11.7. The van der Waals surface area contributed by atoms with Gasteiger partial charge >= 0.3 is 6.03 Å². The average molecular weight is 490 g/mol. The molecule has 2 amide bonds. The van der Waals surface area contributed by atoms with E-state index >= 15 is 0 Å². The minimum atomic E-state index is -0.357. The molecule has 2 aromatic heterocycles. The van der Waals surface area contributed by atoms with Crippen LogP contribution in [0.15, 0.2) is 66.9 Å². The maximum atomic E-state index is 13.0. The first kappa shape index (κ1) is 22.7. The number of aryl methyl sites for hydroxylation is 1. The molecular formula is C26H24ClN5O3. The van der Waals surface area contributed by atoms with Crippen LogP contribution in [0, 0.1) is 0 Å². The first-order chi connectivity index (χ1) is 16.9. The van der Waals surface area contributed by atoms with Crippen LogP contribution in [0.5, 0.6) is 5.75 Å². The molecule has 9 heteroatoms. The monoisotopic (exact) mass is 489 g/mol. The Balaban J connectivity index is 1.36. The second-order valence-corrected chi connectivity index (χ2v) is 8.99. The van der Waals surface area contributed by atoms with E-state index in [-0.39, 0.29) is 30.2 Å². The molecular weight excluding hydrogens is 466 g/mol. The van der Waals surface area contributed by atoms with Gasteiger partial charge in [-0.25, -0.2) is 4.79 Å². The highest BCUT2D eigenvalue weighted by Gasteiger charge is 2.30. The molecule has 2 aromatic carbocycles. The molecule has 1 aliphatic rings. The van der Waals surface area contributed by atoms with Gasteiger partial charge in [-0.3, -0.25) is 4.79 Å². The molecule has 1 saturated carbocycles. The number of benzene rings is 2. The van der Waals surface area contributed by atoms with Crippen LogP contribution < -0.4 is 10.6 Å². The molecule has 0 radical (unpaired) electrons. The molecule has 0 bridgehead atoms. The van der Waals surface area contributed by atoms with Gasteiger partial charge in [0, 0.05) is 48.0 Å². The van der Waals surface area contributed by atoms with Crippen molar-refractivity contribution in [1.29, 1.82) is 0 Å². The predicted octanol–water partition coefficient (Wildman–Crippen LogP) is 5.14. The van der Waals surface area contributed by atoms with Gasteiger partial charge in [0.1, 0.15) is 11.4 Å². The number of halogens is 1. The lowest BCUT2D eigenvalue weighted by Crippen LogP contribution is -2.30. The number of hydrogen-bond acceptors (Lipinski definition) is 4. The SMILES string of the molecule is Cn1cccc1C(=O)Nc1ccc(-c2cc(C3CC3)n(C(=O)NCc3ccccc3Cl)n2)c(O)c1. The third kappa shape index (κ3) is 4.79. The Morgan fingerprint density at radius 2 is 1.91 bits per heavy atom. The van der Waals surface area contributed by atoms with E-state index in [1.165, 1.54) is 10.7 Å². The third-order valence-corrected chi connectivity index (χ3v) is 6.39. The number of carbonyl (C=O) groups excluding carboxylic acids is 2. The van der Waals surface area contributed by atoms with E-state index in [1.807, 2.05) is 24.3 Å². The second kappa shape index (κ2) is 9.31. The summed E-state index contributed by atoms with van der Waals surface area (Å²) in [6, 6.07) is 17.2. The molecule has 1 fully saturated rings. The summed E-state index contributed by atoms with van der Waals surface area (Å²) in [6.45, 7) is 0.276. The number of aromatic hydroxyl groups is 1. The number of anilines is 1. The Morgan fingerprint density at radius 1 is 1.11 bits per heavy atom. The lowest BCUT2D eigenvalue weighted by atomic mass is 10.1. The largest absolute Gasteiger partial charge is 0.507 e. The number of carbonyl (C=O) groups is 2. The highest BCUT2D eigenvalue weighted by Crippen LogP contribution is 2.42. The van der Waals surface area contributed by atoms with E-state index in [4.69, 9.17) is 11.6 Å². The smallest absolute Gasteiger partial charge is 0.342 e. The van der Waals surface area contributed by atoms with E-state index in [9.17, 15) is 14.7 Å². The number of rotatable bonds is 6. The van der Waals surface area contributed by atoms with Crippen molar-refractivity contribution in [1.82, 2.24) is 19.7 Å². The Kier molecular flexibility index (Phi) is 6.05. The van der Waals surface area contributed by atoms with Gasteiger partial charge in [0.2, 0.25) is 0 Å². The zero-order chi connectivity index (χ0) is 24.5. The molecule has 0 saturated heterocycles. The van der Waals surface area contributed by atoms with Gasteiger partial charge in [-0.1, -0.05) is 29.8 Å². The fourth-order valence-corrected chi connectivity index (χ4v) is 4.17. The average Bonchev–Trinajstić information content (AvgIpc) is 3.44. The zero-order valence-electron chi connectivity index (χ0n) is 19.0. The Bertz CT molecular complexity index is 1420. The van der Waals surface area contributed by atoms with E-state index in [1.54, 1.807) is 48.1 Å². The van der Waals surface area contributed by atoms with Crippen molar-refractivity contribution in [2.24, 2.45) is 7.05 Å². The molecule has 178 valence electrons. The lowest BCUT2D eigenvalue weighted by molar-refractivity contribution is 0.101. The van der Waals surface area contributed by atoms with Gasteiger partial charge in [-0.05, 0) is 54.8 Å². The Labute approximate surface area is 207 Å². The minimum Gasteiger partial charge on any atom is -0.507 e. The number of hydrogen-bond donors (Lipinski definition) is 3. The molecule has 2 heterocycles. The normalized spacial score (nSPS) is 13.0. The van der Waals surface area contributed by atoms with Crippen LogP contribution in [-0.2, 0) is 13.6 Å². The van der Waals surface area contributed by atoms with Crippen molar-refractivity contribution in [3.63, 3.8) is 0 Å². The number of phenols is 1. The maximum absolute atomic E-state index is 13.0. The highest BCUT2D eigenvalue weighted by atomic mass is 35.5. The summed E-state index contributed by atoms with van der Waals surface area (Å²) in [5.74, 6) is -0.0633. The van der Waals surface area contributed by atoms with E-state index in [0.29, 0.717) is 27.7 Å². The molecule has 0 atom stereocenters. The maximum Gasteiger partial charge on any atom is 0.342 e. The molecule has 1 aliphatic carbocycles. The summed E-state index contributed by atoms with van der Waals surface area (Å²) in [4.78, 5) is 25.4. The van der Waals surface area contributed by atoms with Gasteiger partial charge in [-0.2, -0.15) is 9.78 Å². The second-order valence-electron chi connectivity index (χ2n) is 8.58. The quantitative estimate of drug-likeness (QED) is 0.349. The van der Waals surface area contributed by atoms with Crippen molar-refractivity contribution in [3.05, 3.63) is 88.8 Å². The number of nitrogens with one attached hydrogen (secondary N) is 2. The van der Waals surface area contributed by atoms with Crippen LogP contribution in [0.4, 0.5) is 10.5 Å². The van der Waals surface area contributed by atoms with Crippen molar-refractivity contribution < 1.29 is 14.7 Å². The van der Waals surface area contributed by atoms with Crippen molar-refractivity contribution >= 4 is 29.2 Å². The van der Waals surface area contributed by atoms with Gasteiger partial charge in [0.15, 0.2) is 0 Å². The van der Waals surface area contributed by atoms with Crippen molar-refractivity contribution in [2.45, 2.75) is 25.3 Å². The van der Waals surface area contributed by atoms with E-state index in [0.717, 1.165) is 24.1 Å². The molecule has 4 aromatic rings. The third-order valence-electron chi connectivity index (χ3n) is 6.02. The highest BCUT2D eigenvalue weighted by molar-refractivity contribution is 6.31. The zero-order valence-corrected chi connectivity index (χ0v) is 19.8. The van der Waals surface area contributed by atoms with Gasteiger partial charge in [0.25, 0.3) is 5.91 Å². The molecule has 3 N–H and O–H groups in total. The molecule has 0 unspecified atom stereocenters. The van der Waals surface area contributed by atoms with Crippen molar-refractivity contribution in [2.75, 3.05) is 5.32 Å². The fraction of sp³-hybridized carbons (Fsp3) is 0.192. The van der Waals surface area contributed by atoms with Crippen LogP contribution in [0.2, 0.25) is 5.02 Å². The number of aromatic nitrogens is 3. The summed E-state index contributed by atoms with van der Waals surface area (Å²) in [5, 5.41) is 21.4. The Hall–Kier alpha value is -4.04. The van der Waals surface area contributed by atoms with Crippen LogP contribution in [0.25, 0.3) is 11.3 Å². The Morgan fingerprint density at radius 3 is 2.60 bits per heavy atom. The minimum absolute atomic E-state index is 0.0434. The fourth-order valence-electron chi connectivity index (χ4n) is 3.97. The number of phenolic OH excluding ortho intramolecular Hbond substituents is 1. The number of amides is 2. The number of nitrogens with zero attached hydrogens (tertiary/aromatic N) is 3. The summed E-state index contributed by atoms with van der Waals surface area (Å²) in [7, 11) is 1.79. The predicted molar refractivity (Wildman–Crippen MR) is 134 cm³/mol. The van der Waals surface area contributed by atoms with E-state index in [2.05, 4.69) is 15.7 Å². The van der Waals surface area contributed by atoms with E-state index < -0.39 is 0 Å². The van der Waals surface area contributed by atoms with Crippen LogP contribution in [0.1, 0.15) is 40.5 Å². The lowest BCUT2D eigenvalue weighted by Gasteiger charge is -2.09. The van der Waals surface area contributed by atoms with Gasteiger partial charge in [0.05, 0.1) is 11.4 Å². The molecule has 0 spiro atoms. The topological polar surface area (TPSA) is 101 Å². The van der Waals surface area contributed by atoms with Crippen LogP contribution >= 0.6 is 11.6 Å². The van der Waals surface area contributed by atoms with Crippen molar-refractivity contribution in [3.8, 4) is 17.0 Å². The summed E-state index contributed by atoms with van der Waals surface area (Å²) in [6.07, 6.45) is 3.76. The molecule has 35 heavy (non-hydrogen) atoms. The summed E-state index contributed by atoms with van der Waals surface area (Å²) >= 11 is 6.20. The summed E-state index contributed by atoms with van der Waals surface area (Å²) < 4.78 is 3.08. The molecule has 0 aliphatic heterocycles. The molecule has 5 rings (SSSR count). The van der Waals surface area contributed by atoms with Crippen LogP contribution in [-0.4, -0.2) is 31.4 Å². The van der Waals surface area contributed by atoms with Gasteiger partial charge in [-0.15, -0.1) is 0 Å². The molecule has 8 nitrogen and oxygen atoms in total.